The topological polar surface area (TPSA) is 388 Å². The predicted molar refractivity (Wildman–Crippen MR) is 225 cm³/mol. The molecule has 0 rings (SSSR count). The minimum atomic E-state index is -1.72. The van der Waals surface area contributed by atoms with Crippen LogP contribution in [0.2, 0.25) is 0 Å². The van der Waals surface area contributed by atoms with Crippen molar-refractivity contribution in [2.75, 3.05) is 25.2 Å². The first-order valence-corrected chi connectivity index (χ1v) is 21.6. The molecule has 15 N–H and O–H groups in total. The maximum absolute atomic E-state index is 13.9. The fourth-order valence-corrected chi connectivity index (χ4v) is 6.13. The number of carboxylic acids is 2. The Labute approximate surface area is 365 Å². The van der Waals surface area contributed by atoms with E-state index >= 15 is 0 Å². The summed E-state index contributed by atoms with van der Waals surface area (Å²) in [6, 6.07) is -11.5. The number of carboxylic acid groups (broad SMARTS) is 2. The average molecular weight is 906 g/mol. The van der Waals surface area contributed by atoms with Gasteiger partial charge >= 0.3 is 11.9 Å². The van der Waals surface area contributed by atoms with E-state index in [0.717, 1.165) is 0 Å². The summed E-state index contributed by atoms with van der Waals surface area (Å²) in [5.74, 6) is -11.1. The first kappa shape index (κ1) is 56.9. The molecule has 8 amide bonds. The predicted octanol–water partition coefficient (Wildman–Crippen LogP) is -3.59. The van der Waals surface area contributed by atoms with Crippen LogP contribution in [0.3, 0.4) is 0 Å². The summed E-state index contributed by atoms with van der Waals surface area (Å²) in [4.78, 5) is 129. The van der Waals surface area contributed by atoms with E-state index in [1.807, 2.05) is 0 Å². The Kier molecular flexibility index (Phi) is 26.9. The highest BCUT2D eigenvalue weighted by Crippen LogP contribution is 2.13. The van der Waals surface area contributed by atoms with Crippen LogP contribution in [0.25, 0.3) is 0 Å². The molecule has 0 saturated heterocycles. The number of hydrogen-bond donors (Lipinski definition) is 13. The van der Waals surface area contributed by atoms with Crippen LogP contribution in [0.4, 0.5) is 0 Å². The second-order valence-corrected chi connectivity index (χ2v) is 16.6. The van der Waals surface area contributed by atoms with Gasteiger partial charge < -0.3 is 69.1 Å². The summed E-state index contributed by atoms with van der Waals surface area (Å²) >= 11 is 1.37. The number of aliphatic hydroxyl groups is 2. The molecule has 0 fully saturated rings. The Hall–Kier alpha value is -5.07. The molecule has 0 aliphatic heterocycles. The summed E-state index contributed by atoms with van der Waals surface area (Å²) in [7, 11) is 0. The van der Waals surface area contributed by atoms with Crippen LogP contribution in [0.15, 0.2) is 0 Å². The van der Waals surface area contributed by atoms with Gasteiger partial charge in [-0.2, -0.15) is 11.8 Å². The van der Waals surface area contributed by atoms with Crippen molar-refractivity contribution < 1.29 is 68.4 Å². The zero-order valence-electron chi connectivity index (χ0n) is 36.4. The van der Waals surface area contributed by atoms with Crippen molar-refractivity contribution in [3.63, 3.8) is 0 Å². The summed E-state index contributed by atoms with van der Waals surface area (Å²) in [6.45, 7) is 8.15. The summed E-state index contributed by atoms with van der Waals surface area (Å²) in [5, 5.41) is 55.0. The number of carbonyl (C=O) groups excluding carboxylic acids is 8. The zero-order valence-corrected chi connectivity index (χ0v) is 37.2. The smallest absolute Gasteiger partial charge is 0.326 e. The third-order valence-electron chi connectivity index (χ3n) is 9.55. The van der Waals surface area contributed by atoms with Gasteiger partial charge in [0.05, 0.1) is 13.2 Å². The van der Waals surface area contributed by atoms with Crippen molar-refractivity contribution in [1.82, 2.24) is 37.2 Å². The number of carbonyl (C=O) groups is 10. The van der Waals surface area contributed by atoms with E-state index in [9.17, 15) is 68.4 Å². The van der Waals surface area contributed by atoms with Gasteiger partial charge in [0.25, 0.3) is 0 Å². The van der Waals surface area contributed by atoms with Gasteiger partial charge in [0.1, 0.15) is 48.3 Å². The molecule has 0 aliphatic carbocycles. The molecule has 0 heterocycles. The van der Waals surface area contributed by atoms with Gasteiger partial charge in [0, 0.05) is 12.8 Å². The minimum Gasteiger partial charge on any atom is -0.481 e. The lowest BCUT2D eigenvalue weighted by Crippen LogP contribution is -2.62. The Morgan fingerprint density at radius 2 is 1.02 bits per heavy atom. The minimum absolute atomic E-state index is 0.0625. The largest absolute Gasteiger partial charge is 0.481 e. The Bertz CT molecular complexity index is 1550. The fourth-order valence-electron chi connectivity index (χ4n) is 5.66. The monoisotopic (exact) mass is 905 g/mol. The normalized spacial score (nSPS) is 15.5. The van der Waals surface area contributed by atoms with Crippen molar-refractivity contribution in [2.24, 2.45) is 29.2 Å². The van der Waals surface area contributed by atoms with Crippen molar-refractivity contribution >= 4 is 71.0 Å². The van der Waals surface area contributed by atoms with E-state index in [1.165, 1.54) is 11.8 Å². The number of thioether (sulfide) groups is 1. The van der Waals surface area contributed by atoms with E-state index in [2.05, 4.69) is 37.2 Å². The van der Waals surface area contributed by atoms with E-state index in [0.29, 0.717) is 5.75 Å². The third kappa shape index (κ3) is 21.1. The van der Waals surface area contributed by atoms with Gasteiger partial charge in [-0.15, -0.1) is 0 Å². The highest BCUT2D eigenvalue weighted by molar-refractivity contribution is 7.98. The number of aliphatic carboxylic acids is 2. The van der Waals surface area contributed by atoms with E-state index < -0.39 is 152 Å². The molecule has 0 aromatic carbocycles. The molecule has 0 aliphatic rings. The maximum atomic E-state index is 13.9. The number of rotatable bonds is 31. The number of nitrogens with one attached hydrogen (secondary N) is 7. The zero-order chi connectivity index (χ0) is 47.9. The van der Waals surface area contributed by atoms with Crippen LogP contribution in [0.5, 0.6) is 0 Å². The third-order valence-corrected chi connectivity index (χ3v) is 10.2. The second-order valence-electron chi connectivity index (χ2n) is 15.6. The molecule has 0 saturated carbocycles. The summed E-state index contributed by atoms with van der Waals surface area (Å²) < 4.78 is 0. The number of amides is 8. The highest BCUT2D eigenvalue weighted by atomic mass is 32.2. The van der Waals surface area contributed by atoms with Crippen molar-refractivity contribution in [1.29, 1.82) is 0 Å². The molecule has 0 spiro atoms. The van der Waals surface area contributed by atoms with Crippen LogP contribution < -0.4 is 48.7 Å². The van der Waals surface area contributed by atoms with Crippen LogP contribution in [0, 0.1) is 17.8 Å². The summed E-state index contributed by atoms with van der Waals surface area (Å²) in [5.41, 5.74) is 10.9. The molecule has 0 radical (unpaired) electrons. The van der Waals surface area contributed by atoms with Crippen molar-refractivity contribution in [3.05, 3.63) is 0 Å². The lowest BCUT2D eigenvalue weighted by Gasteiger charge is -2.30. The molecular formula is C38H67N9O14S. The van der Waals surface area contributed by atoms with Crippen molar-refractivity contribution in [3.8, 4) is 0 Å². The average Bonchev–Trinajstić information content (AvgIpc) is 3.20. The Morgan fingerprint density at radius 3 is 1.48 bits per heavy atom. The highest BCUT2D eigenvalue weighted by Gasteiger charge is 2.36. The number of hydrogen-bond acceptors (Lipinski definition) is 14. The molecule has 62 heavy (non-hydrogen) atoms. The molecule has 0 aromatic rings. The SMILES string of the molecule is CC[C@H](C)[C@H](NC(=O)[C@H](CCC(=O)O)NC(=O)[C@H](CO)NC(=O)[C@@H](NC(=O)[C@@H](N)CO)C(C)C)C(=O)N[C@@H](CCC(N)=O)C(=O)N[C@@H](CC(C)C)C(=O)N[C@@H](CCSC)C(=O)O. The van der Waals surface area contributed by atoms with Gasteiger partial charge in [-0.1, -0.05) is 48.0 Å². The van der Waals surface area contributed by atoms with Crippen LogP contribution in [-0.2, 0) is 47.9 Å². The van der Waals surface area contributed by atoms with E-state index in [4.69, 9.17) is 11.5 Å². The maximum Gasteiger partial charge on any atom is 0.326 e. The molecular weight excluding hydrogens is 839 g/mol. The van der Waals surface area contributed by atoms with E-state index in [1.54, 1.807) is 47.8 Å². The van der Waals surface area contributed by atoms with Gasteiger partial charge in [-0.3, -0.25) is 43.2 Å². The Morgan fingerprint density at radius 1 is 0.565 bits per heavy atom. The van der Waals surface area contributed by atoms with Crippen LogP contribution in [0.1, 0.15) is 86.5 Å². The molecule has 0 aromatic heterocycles. The van der Waals surface area contributed by atoms with Gasteiger partial charge in [0.2, 0.25) is 47.3 Å². The first-order chi connectivity index (χ1) is 28.9. The van der Waals surface area contributed by atoms with Crippen LogP contribution in [-0.4, -0.2) is 153 Å². The number of primary amides is 1. The first-order valence-electron chi connectivity index (χ1n) is 20.3. The lowest BCUT2D eigenvalue weighted by atomic mass is 9.96. The summed E-state index contributed by atoms with van der Waals surface area (Å²) in [6.07, 6.45) is 0.253. The standard InChI is InChI=1S/C38H67N9O14S/c1-8-20(6)30(37(59)42-22(9-11-27(40)50)32(54)44-25(15-18(2)3)34(56)43-24(38(60)61)13-14-62-7)47-33(55)23(10-12-28(51)52)41-35(57)26(17-49)45-36(58)29(19(4)5)46-31(53)21(39)16-48/h18-26,29-30,48-49H,8-17,39H2,1-7H3,(H2,40,50)(H,41,57)(H,42,59)(H,43,56)(H,44,54)(H,45,58)(H,46,53)(H,47,55)(H,51,52)(H,60,61)/t20-,21-,22-,23-,24-,25-,26-,29-,30-/m0/s1. The molecule has 0 unspecified atom stereocenters. The Balaban J connectivity index is 6.49. The second kappa shape index (κ2) is 29.3. The molecule has 354 valence electrons. The van der Waals surface area contributed by atoms with Gasteiger partial charge in [-0.25, -0.2) is 4.79 Å². The fraction of sp³-hybridized carbons (Fsp3) is 0.737. The molecule has 24 heteroatoms. The van der Waals surface area contributed by atoms with E-state index in [-0.39, 0.29) is 31.6 Å². The molecule has 0 bridgehead atoms. The van der Waals surface area contributed by atoms with Crippen LogP contribution >= 0.6 is 11.8 Å². The van der Waals surface area contributed by atoms with Crippen molar-refractivity contribution in [2.45, 2.75) is 135 Å². The number of nitrogens with two attached hydrogens (primary N) is 2. The van der Waals surface area contributed by atoms with Gasteiger partial charge in [0.15, 0.2) is 0 Å². The molecule has 9 atom stereocenters. The lowest BCUT2D eigenvalue weighted by molar-refractivity contribution is -0.142. The quantitative estimate of drug-likeness (QED) is 0.0320. The molecule has 23 nitrogen and oxygen atoms in total. The van der Waals surface area contributed by atoms with Gasteiger partial charge in [-0.05, 0) is 55.4 Å². The number of aliphatic hydroxyl groups excluding tert-OH is 2.